The van der Waals surface area contributed by atoms with Gasteiger partial charge >= 0.3 is 0 Å². The summed E-state index contributed by atoms with van der Waals surface area (Å²) in [4.78, 5) is 43.2. The van der Waals surface area contributed by atoms with Gasteiger partial charge in [-0.05, 0) is 34.4 Å². The summed E-state index contributed by atoms with van der Waals surface area (Å²) >= 11 is 0. The number of carbonyl (C=O) groups is 3. The predicted molar refractivity (Wildman–Crippen MR) is 141 cm³/mol. The van der Waals surface area contributed by atoms with Gasteiger partial charge in [0.15, 0.2) is 0 Å². The lowest BCUT2D eigenvalue weighted by molar-refractivity contribution is -0.166. The summed E-state index contributed by atoms with van der Waals surface area (Å²) in [5.74, 6) is -0.288. The van der Waals surface area contributed by atoms with Gasteiger partial charge in [-0.25, -0.2) is 0 Å². The normalized spacial score (nSPS) is 20.7. The van der Waals surface area contributed by atoms with Crippen molar-refractivity contribution in [3.8, 4) is 11.1 Å². The average Bonchev–Trinajstić information content (AvgIpc) is 2.90. The van der Waals surface area contributed by atoms with E-state index in [1.165, 1.54) is 0 Å². The number of rotatable bonds is 6. The summed E-state index contributed by atoms with van der Waals surface area (Å²) in [7, 11) is 3.46. The summed E-state index contributed by atoms with van der Waals surface area (Å²) in [5.41, 5.74) is 4.50. The molecule has 190 valence electrons. The van der Waals surface area contributed by atoms with Crippen LogP contribution in [-0.2, 0) is 16.0 Å². The van der Waals surface area contributed by atoms with Crippen LogP contribution in [-0.4, -0.2) is 83.4 Å². The van der Waals surface area contributed by atoms with Crippen molar-refractivity contribution in [2.75, 3.05) is 33.8 Å². The number of aliphatic hydroxyl groups excluding tert-OH is 1. The number of hydrogen-bond acceptors (Lipinski definition) is 4. The lowest BCUT2D eigenvalue weighted by Crippen LogP contribution is -2.73. The fourth-order valence-electron chi connectivity index (χ4n) is 5.56. The Bertz CT molecular complexity index is 1310. The predicted octanol–water partition coefficient (Wildman–Crippen LogP) is 2.80. The van der Waals surface area contributed by atoms with Crippen LogP contribution in [0.2, 0.25) is 0 Å². The van der Waals surface area contributed by atoms with Gasteiger partial charge < -0.3 is 19.8 Å². The molecule has 3 atom stereocenters. The number of hydrogen-bond donors (Lipinski definition) is 1. The van der Waals surface area contributed by atoms with E-state index in [1.807, 2.05) is 72.8 Å². The monoisotopic (exact) mass is 497 g/mol. The van der Waals surface area contributed by atoms with Gasteiger partial charge in [0.2, 0.25) is 11.8 Å². The van der Waals surface area contributed by atoms with Crippen molar-refractivity contribution in [2.24, 2.45) is 0 Å². The first-order valence-electron chi connectivity index (χ1n) is 12.5. The van der Waals surface area contributed by atoms with Crippen LogP contribution in [0.3, 0.4) is 0 Å². The van der Waals surface area contributed by atoms with Gasteiger partial charge in [0.25, 0.3) is 5.91 Å². The number of aliphatic hydroxyl groups is 1. The highest BCUT2D eigenvalue weighted by Crippen LogP contribution is 2.43. The number of amides is 3. The van der Waals surface area contributed by atoms with E-state index >= 15 is 0 Å². The van der Waals surface area contributed by atoms with E-state index in [1.54, 1.807) is 34.9 Å². The molecule has 0 saturated carbocycles. The smallest absolute Gasteiger partial charge is 0.253 e. The molecule has 2 saturated heterocycles. The minimum Gasteiger partial charge on any atom is -0.394 e. The van der Waals surface area contributed by atoms with Gasteiger partial charge in [0.1, 0.15) is 0 Å². The van der Waals surface area contributed by atoms with Crippen LogP contribution < -0.4 is 0 Å². The van der Waals surface area contributed by atoms with Gasteiger partial charge in [0.05, 0.1) is 31.7 Å². The van der Waals surface area contributed by atoms with Crippen LogP contribution in [0.25, 0.3) is 11.1 Å². The summed E-state index contributed by atoms with van der Waals surface area (Å²) in [6, 6.07) is 24.7. The second-order valence-electron chi connectivity index (χ2n) is 9.98. The average molecular weight is 498 g/mol. The molecule has 3 amide bonds. The van der Waals surface area contributed by atoms with Gasteiger partial charge in [-0.15, -0.1) is 0 Å². The molecule has 1 N–H and O–H groups in total. The molecule has 7 nitrogen and oxygen atoms in total. The van der Waals surface area contributed by atoms with Crippen molar-refractivity contribution in [1.82, 2.24) is 14.7 Å². The molecule has 0 radical (unpaired) electrons. The molecule has 3 aromatic rings. The SMILES string of the molecule is CN(C)C(=O)c1cccc(-c2ccc([C@@H]3[C@@H](CO)N4C(=O)CN(C(=O)Cc5ccccc5)C[C@@H]34)cc2)c1. The van der Waals surface area contributed by atoms with Gasteiger partial charge in [-0.1, -0.05) is 66.7 Å². The maximum atomic E-state index is 13.0. The molecule has 0 unspecified atom stereocenters. The Kier molecular flexibility index (Phi) is 6.80. The molecule has 0 bridgehead atoms. The molecule has 2 fully saturated rings. The topological polar surface area (TPSA) is 81.2 Å². The third kappa shape index (κ3) is 4.74. The highest BCUT2D eigenvalue weighted by molar-refractivity contribution is 5.95. The zero-order valence-electron chi connectivity index (χ0n) is 21.1. The molecule has 5 rings (SSSR count). The van der Waals surface area contributed by atoms with Crippen LogP contribution in [0.1, 0.15) is 27.4 Å². The highest BCUT2D eigenvalue weighted by Gasteiger charge is 2.54. The first-order valence-corrected chi connectivity index (χ1v) is 12.5. The Balaban J connectivity index is 1.34. The molecular formula is C30H31N3O4. The number of benzene rings is 3. The molecule has 3 aromatic carbocycles. The van der Waals surface area contributed by atoms with Gasteiger partial charge in [0, 0.05) is 32.1 Å². The Morgan fingerprint density at radius 1 is 0.946 bits per heavy atom. The molecule has 2 heterocycles. The molecule has 0 spiro atoms. The number of fused-ring (bicyclic) bond motifs is 1. The maximum absolute atomic E-state index is 13.0. The second kappa shape index (κ2) is 10.2. The quantitative estimate of drug-likeness (QED) is 0.568. The highest BCUT2D eigenvalue weighted by atomic mass is 16.3. The first kappa shape index (κ1) is 24.7. The van der Waals surface area contributed by atoms with Crippen molar-refractivity contribution < 1.29 is 19.5 Å². The first-order chi connectivity index (χ1) is 17.9. The number of piperazine rings is 1. The maximum Gasteiger partial charge on any atom is 0.253 e. The third-order valence-electron chi connectivity index (χ3n) is 7.45. The Morgan fingerprint density at radius 2 is 1.68 bits per heavy atom. The summed E-state index contributed by atoms with van der Waals surface area (Å²) in [6.45, 7) is 0.378. The molecule has 7 heteroatoms. The fraction of sp³-hybridized carbons (Fsp3) is 0.300. The van der Waals surface area contributed by atoms with E-state index in [-0.39, 0.29) is 55.3 Å². The molecule has 2 aliphatic rings. The fourth-order valence-corrected chi connectivity index (χ4v) is 5.56. The van der Waals surface area contributed by atoms with Crippen LogP contribution >= 0.6 is 0 Å². The molecule has 37 heavy (non-hydrogen) atoms. The lowest BCUT2D eigenvalue weighted by atomic mass is 9.73. The van der Waals surface area contributed by atoms with Crippen LogP contribution in [0, 0.1) is 0 Å². The minimum absolute atomic E-state index is 0.0480. The Labute approximate surface area is 216 Å². The number of carbonyl (C=O) groups excluding carboxylic acids is 3. The zero-order chi connectivity index (χ0) is 26.1. The minimum atomic E-state index is -0.296. The van der Waals surface area contributed by atoms with Crippen molar-refractivity contribution in [3.63, 3.8) is 0 Å². The standard InChI is InChI=1S/C30H31N3O4/c1-31(2)30(37)24-10-6-9-23(16-24)21-11-13-22(14-12-21)29-25-17-32(18-28(36)33(25)26(29)19-34)27(35)15-20-7-4-3-5-8-20/h3-14,16,25-26,29,34H,15,17-19H2,1-2H3/t25-,26+,29-/m0/s1. The second-order valence-corrected chi connectivity index (χ2v) is 9.98. The van der Waals surface area contributed by atoms with Crippen molar-refractivity contribution in [1.29, 1.82) is 0 Å². The van der Waals surface area contributed by atoms with E-state index < -0.39 is 0 Å². The van der Waals surface area contributed by atoms with Crippen LogP contribution in [0.5, 0.6) is 0 Å². The Morgan fingerprint density at radius 3 is 2.35 bits per heavy atom. The van der Waals surface area contributed by atoms with E-state index in [0.29, 0.717) is 12.1 Å². The van der Waals surface area contributed by atoms with E-state index in [4.69, 9.17) is 0 Å². The van der Waals surface area contributed by atoms with Gasteiger partial charge in [-0.2, -0.15) is 0 Å². The third-order valence-corrected chi connectivity index (χ3v) is 7.45. The largest absolute Gasteiger partial charge is 0.394 e. The van der Waals surface area contributed by atoms with Gasteiger partial charge in [-0.3, -0.25) is 14.4 Å². The number of nitrogens with zero attached hydrogens (tertiary/aromatic N) is 3. The van der Waals surface area contributed by atoms with E-state index in [0.717, 1.165) is 22.3 Å². The summed E-state index contributed by atoms with van der Waals surface area (Å²) < 4.78 is 0. The summed E-state index contributed by atoms with van der Waals surface area (Å²) in [6.07, 6.45) is 0.263. The summed E-state index contributed by atoms with van der Waals surface area (Å²) in [5, 5.41) is 10.1. The van der Waals surface area contributed by atoms with Crippen LogP contribution in [0.15, 0.2) is 78.9 Å². The molecule has 0 aliphatic carbocycles. The van der Waals surface area contributed by atoms with Crippen molar-refractivity contribution in [2.45, 2.75) is 24.4 Å². The Hall–Kier alpha value is -3.97. The molecule has 0 aromatic heterocycles. The molecule has 2 aliphatic heterocycles. The van der Waals surface area contributed by atoms with Crippen LogP contribution in [0.4, 0.5) is 0 Å². The van der Waals surface area contributed by atoms with Crippen molar-refractivity contribution in [3.05, 3.63) is 95.6 Å². The van der Waals surface area contributed by atoms with E-state index in [9.17, 15) is 19.5 Å². The van der Waals surface area contributed by atoms with E-state index in [2.05, 4.69) is 0 Å². The lowest BCUT2D eigenvalue weighted by Gasteiger charge is -2.58. The zero-order valence-corrected chi connectivity index (χ0v) is 21.1. The molecular weight excluding hydrogens is 466 g/mol. The van der Waals surface area contributed by atoms with Crippen molar-refractivity contribution >= 4 is 17.7 Å².